The summed E-state index contributed by atoms with van der Waals surface area (Å²) in [7, 11) is 0. The summed E-state index contributed by atoms with van der Waals surface area (Å²) in [6.45, 7) is 3.93. The van der Waals surface area contributed by atoms with E-state index < -0.39 is 0 Å². The van der Waals surface area contributed by atoms with Crippen LogP contribution in [0.5, 0.6) is 5.75 Å². The zero-order valence-electron chi connectivity index (χ0n) is 13.0. The number of benzene rings is 2. The average Bonchev–Trinajstić information content (AvgIpc) is 2.88. The van der Waals surface area contributed by atoms with Gasteiger partial charge in [-0.05, 0) is 55.3 Å². The third kappa shape index (κ3) is 3.80. The number of halogens is 2. The maximum Gasteiger partial charge on any atom is 0.264 e. The van der Waals surface area contributed by atoms with Crippen molar-refractivity contribution in [1.29, 1.82) is 0 Å². The van der Waals surface area contributed by atoms with Crippen LogP contribution in [0, 0.1) is 13.8 Å². The van der Waals surface area contributed by atoms with Crippen LogP contribution in [0.3, 0.4) is 0 Å². The summed E-state index contributed by atoms with van der Waals surface area (Å²) in [4.78, 5) is 16.5. The van der Waals surface area contributed by atoms with E-state index in [1.54, 1.807) is 18.2 Å². The molecule has 1 amide bonds. The second-order valence-electron chi connectivity index (χ2n) is 5.33. The first-order valence-corrected chi connectivity index (χ1v) is 8.75. The van der Waals surface area contributed by atoms with Crippen LogP contribution < -0.4 is 10.1 Å². The third-order valence-corrected chi connectivity index (χ3v) is 4.97. The Morgan fingerprint density at radius 1 is 1.21 bits per heavy atom. The van der Waals surface area contributed by atoms with Crippen molar-refractivity contribution in [1.82, 2.24) is 4.98 Å². The average molecular weight is 381 g/mol. The molecule has 3 rings (SSSR count). The molecule has 0 aliphatic rings. The number of carbonyl (C=O) groups excluding carboxylic acids is 1. The van der Waals surface area contributed by atoms with E-state index >= 15 is 0 Å². The summed E-state index contributed by atoms with van der Waals surface area (Å²) in [6, 6.07) is 8.93. The molecule has 0 bridgehead atoms. The zero-order valence-corrected chi connectivity index (χ0v) is 15.4. The number of hydrogen-bond acceptors (Lipinski definition) is 4. The molecule has 2 aromatic carbocycles. The standard InChI is InChI=1S/C17H14Cl2N2O2S/c1-9-5-13-15(6-10(9)2)24-17(20-13)21-16(22)8-23-14-4-3-11(18)7-12(14)19/h3-7H,8H2,1-2H3,(H,20,21,22). The lowest BCUT2D eigenvalue weighted by molar-refractivity contribution is -0.118. The van der Waals surface area contributed by atoms with Crippen molar-refractivity contribution < 1.29 is 9.53 Å². The number of ether oxygens (including phenoxy) is 1. The number of aryl methyl sites for hydroxylation is 2. The molecule has 0 aliphatic heterocycles. The molecular weight excluding hydrogens is 367 g/mol. The fourth-order valence-electron chi connectivity index (χ4n) is 2.12. The second kappa shape index (κ2) is 6.97. The molecule has 24 heavy (non-hydrogen) atoms. The lowest BCUT2D eigenvalue weighted by Crippen LogP contribution is -2.20. The first kappa shape index (κ1) is 17.0. The number of hydrogen-bond donors (Lipinski definition) is 1. The summed E-state index contributed by atoms with van der Waals surface area (Å²) in [6.07, 6.45) is 0. The van der Waals surface area contributed by atoms with Crippen LogP contribution in [-0.4, -0.2) is 17.5 Å². The maximum atomic E-state index is 12.0. The lowest BCUT2D eigenvalue weighted by atomic mass is 10.1. The van der Waals surface area contributed by atoms with Crippen LogP contribution in [0.15, 0.2) is 30.3 Å². The van der Waals surface area contributed by atoms with Crippen LogP contribution in [-0.2, 0) is 4.79 Å². The van der Waals surface area contributed by atoms with Crippen LogP contribution in [0.2, 0.25) is 10.0 Å². The molecule has 1 aromatic heterocycles. The summed E-state index contributed by atoms with van der Waals surface area (Å²) >= 11 is 13.3. The summed E-state index contributed by atoms with van der Waals surface area (Å²) in [5, 5.41) is 4.17. The van der Waals surface area contributed by atoms with Gasteiger partial charge >= 0.3 is 0 Å². The maximum absolute atomic E-state index is 12.0. The Balaban J connectivity index is 1.66. The monoisotopic (exact) mass is 380 g/mol. The molecule has 7 heteroatoms. The Hall–Kier alpha value is -1.82. The Kier molecular flexibility index (Phi) is 4.94. The van der Waals surface area contributed by atoms with E-state index in [-0.39, 0.29) is 12.5 Å². The number of rotatable bonds is 4. The highest BCUT2D eigenvalue weighted by molar-refractivity contribution is 7.22. The van der Waals surface area contributed by atoms with Gasteiger partial charge in [0.15, 0.2) is 11.7 Å². The van der Waals surface area contributed by atoms with Crippen LogP contribution in [0.1, 0.15) is 11.1 Å². The van der Waals surface area contributed by atoms with Crippen molar-refractivity contribution in [3.63, 3.8) is 0 Å². The Bertz CT molecular complexity index is 885. The molecule has 3 aromatic rings. The first-order chi connectivity index (χ1) is 11.4. The molecule has 0 aliphatic carbocycles. The normalized spacial score (nSPS) is 10.8. The SMILES string of the molecule is Cc1cc2nc(NC(=O)COc3ccc(Cl)cc3Cl)sc2cc1C. The van der Waals surface area contributed by atoms with Gasteiger partial charge in [-0.25, -0.2) is 4.98 Å². The summed E-state index contributed by atoms with van der Waals surface area (Å²) < 4.78 is 6.45. The van der Waals surface area contributed by atoms with E-state index in [9.17, 15) is 4.79 Å². The highest BCUT2D eigenvalue weighted by Gasteiger charge is 2.11. The van der Waals surface area contributed by atoms with Crippen molar-refractivity contribution in [2.45, 2.75) is 13.8 Å². The number of aromatic nitrogens is 1. The van der Waals surface area contributed by atoms with E-state index in [4.69, 9.17) is 27.9 Å². The molecule has 124 valence electrons. The molecule has 1 N–H and O–H groups in total. The Morgan fingerprint density at radius 2 is 1.96 bits per heavy atom. The van der Waals surface area contributed by atoms with Crippen LogP contribution in [0.4, 0.5) is 5.13 Å². The van der Waals surface area contributed by atoms with Gasteiger partial charge in [0, 0.05) is 5.02 Å². The highest BCUT2D eigenvalue weighted by atomic mass is 35.5. The van der Waals surface area contributed by atoms with Gasteiger partial charge in [0.25, 0.3) is 5.91 Å². The Morgan fingerprint density at radius 3 is 2.71 bits per heavy atom. The molecule has 0 atom stereocenters. The fraction of sp³-hybridized carbons (Fsp3) is 0.176. The van der Waals surface area contributed by atoms with Gasteiger partial charge in [-0.2, -0.15) is 0 Å². The second-order valence-corrected chi connectivity index (χ2v) is 7.21. The van der Waals surface area contributed by atoms with Crippen molar-refractivity contribution in [3.8, 4) is 5.75 Å². The van der Waals surface area contributed by atoms with E-state index in [0.29, 0.717) is 20.9 Å². The number of fused-ring (bicyclic) bond motifs is 1. The van der Waals surface area contributed by atoms with Gasteiger partial charge in [-0.3, -0.25) is 10.1 Å². The molecule has 0 unspecified atom stereocenters. The molecule has 1 heterocycles. The van der Waals surface area contributed by atoms with E-state index in [2.05, 4.69) is 23.3 Å². The van der Waals surface area contributed by atoms with Crippen molar-refractivity contribution in [2.24, 2.45) is 0 Å². The fourth-order valence-corrected chi connectivity index (χ4v) is 3.55. The van der Waals surface area contributed by atoms with Gasteiger partial charge in [0.2, 0.25) is 0 Å². The molecule has 0 saturated carbocycles. The van der Waals surface area contributed by atoms with Gasteiger partial charge in [0.05, 0.1) is 15.2 Å². The number of nitrogens with zero attached hydrogens (tertiary/aromatic N) is 1. The minimum atomic E-state index is -0.298. The first-order valence-electron chi connectivity index (χ1n) is 7.18. The van der Waals surface area contributed by atoms with E-state index in [1.165, 1.54) is 22.5 Å². The number of nitrogens with one attached hydrogen (secondary N) is 1. The third-order valence-electron chi connectivity index (χ3n) is 3.50. The predicted molar refractivity (Wildman–Crippen MR) is 99.7 cm³/mol. The Labute approximate surface area is 153 Å². The minimum Gasteiger partial charge on any atom is -0.482 e. The largest absolute Gasteiger partial charge is 0.482 e. The van der Waals surface area contributed by atoms with Crippen LogP contribution >= 0.6 is 34.5 Å². The highest BCUT2D eigenvalue weighted by Crippen LogP contribution is 2.29. The molecule has 0 spiro atoms. The van der Waals surface area contributed by atoms with E-state index in [0.717, 1.165) is 10.2 Å². The van der Waals surface area contributed by atoms with Crippen LogP contribution in [0.25, 0.3) is 10.2 Å². The zero-order chi connectivity index (χ0) is 17.3. The molecular formula is C17H14Cl2N2O2S. The van der Waals surface area contributed by atoms with Gasteiger partial charge < -0.3 is 4.74 Å². The van der Waals surface area contributed by atoms with Gasteiger partial charge in [-0.1, -0.05) is 34.5 Å². The lowest BCUT2D eigenvalue weighted by Gasteiger charge is -2.07. The van der Waals surface area contributed by atoms with E-state index in [1.807, 2.05) is 13.0 Å². The number of amides is 1. The van der Waals surface area contributed by atoms with Gasteiger partial charge in [0.1, 0.15) is 5.75 Å². The quantitative estimate of drug-likeness (QED) is 0.673. The van der Waals surface area contributed by atoms with Gasteiger partial charge in [-0.15, -0.1) is 0 Å². The number of thiazole rings is 1. The summed E-state index contributed by atoms with van der Waals surface area (Å²) in [5.74, 6) is 0.111. The van der Waals surface area contributed by atoms with Crippen molar-refractivity contribution >= 4 is 55.8 Å². The predicted octanol–water partition coefficient (Wildman–Crippen LogP) is 5.24. The molecule has 0 radical (unpaired) electrons. The topological polar surface area (TPSA) is 51.2 Å². The number of carbonyl (C=O) groups is 1. The van der Waals surface area contributed by atoms with Crippen molar-refractivity contribution in [2.75, 3.05) is 11.9 Å². The summed E-state index contributed by atoms with van der Waals surface area (Å²) in [5.41, 5.74) is 3.25. The van der Waals surface area contributed by atoms with Crippen molar-refractivity contribution in [3.05, 3.63) is 51.5 Å². The molecule has 0 saturated heterocycles. The molecule has 0 fully saturated rings. The molecule has 4 nitrogen and oxygen atoms in total. The minimum absolute atomic E-state index is 0.157. The number of anilines is 1. The smallest absolute Gasteiger partial charge is 0.264 e.